The first-order chi connectivity index (χ1) is 16.8. The normalized spacial score (nSPS) is 15.0. The molecule has 0 unspecified atom stereocenters. The van der Waals surface area contributed by atoms with Crippen molar-refractivity contribution in [3.63, 3.8) is 0 Å². The van der Waals surface area contributed by atoms with Crippen molar-refractivity contribution in [2.45, 2.75) is 77.9 Å². The number of rotatable bonds is 8. The molecule has 0 spiro atoms. The summed E-state index contributed by atoms with van der Waals surface area (Å²) in [5.41, 5.74) is 0. The Morgan fingerprint density at radius 1 is 1.08 bits per heavy atom. The molecule has 1 aliphatic heterocycles. The van der Waals surface area contributed by atoms with Crippen LogP contribution < -0.4 is 9.64 Å². The predicted molar refractivity (Wildman–Crippen MR) is 136 cm³/mol. The summed E-state index contributed by atoms with van der Waals surface area (Å²) in [5, 5.41) is 8.17. The average molecular weight is 543 g/mol. The molecular weight excluding hydrogens is 509 g/mol. The number of anilines is 1. The molecule has 0 radical (unpaired) electrons. The van der Waals surface area contributed by atoms with Gasteiger partial charge in [-0.1, -0.05) is 34.1 Å². The summed E-state index contributed by atoms with van der Waals surface area (Å²) in [7, 11) is -1.90. The van der Waals surface area contributed by atoms with E-state index in [4.69, 9.17) is 9.16 Å². The maximum absolute atomic E-state index is 13.3. The van der Waals surface area contributed by atoms with Crippen LogP contribution in [-0.2, 0) is 30.1 Å². The third-order valence-corrected chi connectivity index (χ3v) is 12.4. The van der Waals surface area contributed by atoms with Crippen LogP contribution in [0.25, 0.3) is 10.2 Å². The monoisotopic (exact) mass is 542 g/mol. The van der Waals surface area contributed by atoms with Crippen molar-refractivity contribution in [1.29, 1.82) is 0 Å². The zero-order valence-corrected chi connectivity index (χ0v) is 23.4. The Morgan fingerprint density at radius 3 is 2.50 bits per heavy atom. The number of nitrogens with zero attached hydrogens (tertiary/aromatic N) is 6. The van der Waals surface area contributed by atoms with Gasteiger partial charge in [-0.3, -0.25) is 0 Å². The van der Waals surface area contributed by atoms with Crippen LogP contribution >= 0.6 is 11.3 Å². The van der Waals surface area contributed by atoms with Gasteiger partial charge in [0, 0.05) is 18.0 Å². The molecule has 198 valence electrons. The summed E-state index contributed by atoms with van der Waals surface area (Å²) in [6.07, 6.45) is -2.62. The standard InChI is InChI=1S/C23H33F3N6O2SSi/c1-7-8-15-13-16-18(31-9-10-32-17(14-31)29-30-20(32)23(24,25)26)27-21(28-19(16)35-15)33-11-12-34-36(5,6)22(2,3)4/h13H,7-12,14H2,1-6H3. The van der Waals surface area contributed by atoms with Crippen LogP contribution in [0.4, 0.5) is 19.0 Å². The number of fused-ring (bicyclic) bond motifs is 2. The molecule has 0 amide bonds. The van der Waals surface area contributed by atoms with Gasteiger partial charge in [-0.15, -0.1) is 21.5 Å². The second kappa shape index (κ2) is 9.90. The quantitative estimate of drug-likeness (QED) is 0.268. The van der Waals surface area contributed by atoms with E-state index in [0.29, 0.717) is 25.6 Å². The Hall–Kier alpha value is -2.25. The first kappa shape index (κ1) is 26.8. The highest BCUT2D eigenvalue weighted by Gasteiger charge is 2.40. The predicted octanol–water partition coefficient (Wildman–Crippen LogP) is 5.67. The van der Waals surface area contributed by atoms with E-state index in [2.05, 4.69) is 67.0 Å². The van der Waals surface area contributed by atoms with Gasteiger partial charge in [-0.2, -0.15) is 23.1 Å². The number of aromatic nitrogens is 5. The SMILES string of the molecule is CCCc1cc2c(N3CCn4c(nnc4C(F)(F)F)C3)nc(OCCO[Si](C)(C)C(C)(C)C)nc2s1. The van der Waals surface area contributed by atoms with E-state index in [-0.39, 0.29) is 30.0 Å². The van der Waals surface area contributed by atoms with Gasteiger partial charge < -0.3 is 18.6 Å². The number of ether oxygens (including phenoxy) is 1. The van der Waals surface area contributed by atoms with Gasteiger partial charge in [-0.05, 0) is 30.6 Å². The highest BCUT2D eigenvalue weighted by Crippen LogP contribution is 2.37. The van der Waals surface area contributed by atoms with Crippen LogP contribution in [0.2, 0.25) is 18.1 Å². The Bertz CT molecular complexity index is 1220. The van der Waals surface area contributed by atoms with Gasteiger partial charge >= 0.3 is 12.2 Å². The molecule has 3 aromatic rings. The lowest BCUT2D eigenvalue weighted by Crippen LogP contribution is -2.41. The van der Waals surface area contributed by atoms with E-state index in [1.54, 1.807) is 11.3 Å². The smallest absolute Gasteiger partial charge is 0.451 e. The molecule has 3 aromatic heterocycles. The molecule has 36 heavy (non-hydrogen) atoms. The molecule has 0 N–H and O–H groups in total. The molecule has 4 heterocycles. The zero-order valence-electron chi connectivity index (χ0n) is 21.6. The minimum Gasteiger partial charge on any atom is -0.461 e. The Balaban J connectivity index is 1.57. The second-order valence-electron chi connectivity index (χ2n) is 10.5. The first-order valence-electron chi connectivity index (χ1n) is 12.1. The molecule has 0 atom stereocenters. The van der Waals surface area contributed by atoms with Gasteiger partial charge in [0.1, 0.15) is 17.3 Å². The van der Waals surface area contributed by atoms with Crippen molar-refractivity contribution >= 4 is 35.7 Å². The van der Waals surface area contributed by atoms with Crippen LogP contribution in [0.3, 0.4) is 0 Å². The van der Waals surface area contributed by atoms with Crippen LogP contribution in [0.15, 0.2) is 6.07 Å². The van der Waals surface area contributed by atoms with Crippen molar-refractivity contribution in [2.75, 3.05) is 24.7 Å². The van der Waals surface area contributed by atoms with Gasteiger partial charge in [-0.25, -0.2) is 0 Å². The number of halogens is 3. The summed E-state index contributed by atoms with van der Waals surface area (Å²) in [4.78, 5) is 13.2. The molecule has 8 nitrogen and oxygen atoms in total. The van der Waals surface area contributed by atoms with Gasteiger partial charge in [0.15, 0.2) is 14.1 Å². The molecule has 0 bridgehead atoms. The Morgan fingerprint density at radius 2 is 1.83 bits per heavy atom. The third kappa shape index (κ3) is 5.52. The maximum atomic E-state index is 13.3. The fourth-order valence-electron chi connectivity index (χ4n) is 3.81. The second-order valence-corrected chi connectivity index (χ2v) is 16.4. The lowest BCUT2D eigenvalue weighted by atomic mass is 10.2. The number of thiophene rings is 1. The fourth-order valence-corrected chi connectivity index (χ4v) is 5.95. The summed E-state index contributed by atoms with van der Waals surface area (Å²) >= 11 is 1.59. The van der Waals surface area contributed by atoms with E-state index < -0.39 is 20.3 Å². The van der Waals surface area contributed by atoms with Crippen molar-refractivity contribution in [3.8, 4) is 6.01 Å². The summed E-state index contributed by atoms with van der Waals surface area (Å²) < 4.78 is 53.1. The van der Waals surface area contributed by atoms with Crippen LogP contribution in [-0.4, -0.2) is 52.8 Å². The molecule has 0 saturated carbocycles. The first-order valence-corrected chi connectivity index (χ1v) is 15.8. The lowest BCUT2D eigenvalue weighted by molar-refractivity contribution is -0.147. The lowest BCUT2D eigenvalue weighted by Gasteiger charge is -2.36. The van der Waals surface area contributed by atoms with E-state index in [1.807, 2.05) is 4.90 Å². The highest BCUT2D eigenvalue weighted by molar-refractivity contribution is 7.18. The zero-order chi connectivity index (χ0) is 26.3. The molecule has 4 rings (SSSR count). The number of aryl methyl sites for hydroxylation is 1. The average Bonchev–Trinajstić information content (AvgIpc) is 3.38. The Labute approximate surface area is 214 Å². The van der Waals surface area contributed by atoms with Crippen molar-refractivity contribution < 1.29 is 22.3 Å². The van der Waals surface area contributed by atoms with E-state index in [9.17, 15) is 13.2 Å². The highest BCUT2D eigenvalue weighted by atomic mass is 32.1. The van der Waals surface area contributed by atoms with Crippen molar-refractivity contribution in [2.24, 2.45) is 0 Å². The van der Waals surface area contributed by atoms with Crippen molar-refractivity contribution in [1.82, 2.24) is 24.7 Å². The number of alkyl halides is 3. The maximum Gasteiger partial charge on any atom is 0.451 e. The molecular formula is C23H33F3N6O2SSi. The number of hydrogen-bond acceptors (Lipinski definition) is 8. The summed E-state index contributed by atoms with van der Waals surface area (Å²) in [6.45, 7) is 14.4. The third-order valence-electron chi connectivity index (χ3n) is 6.79. The summed E-state index contributed by atoms with van der Waals surface area (Å²) in [6, 6.07) is 2.31. The molecule has 0 aromatic carbocycles. The topological polar surface area (TPSA) is 78.2 Å². The molecule has 0 fully saturated rings. The molecule has 13 heteroatoms. The molecule has 1 aliphatic rings. The minimum atomic E-state index is -4.54. The van der Waals surface area contributed by atoms with Gasteiger partial charge in [0.2, 0.25) is 5.82 Å². The minimum absolute atomic E-state index is 0.100. The molecule has 0 saturated heterocycles. The van der Waals surface area contributed by atoms with Crippen LogP contribution in [0.1, 0.15) is 50.6 Å². The van der Waals surface area contributed by atoms with Crippen molar-refractivity contribution in [3.05, 3.63) is 22.6 Å². The summed E-state index contributed by atoms with van der Waals surface area (Å²) in [5.74, 6) is -0.0622. The van der Waals surface area contributed by atoms with Crippen LogP contribution in [0, 0.1) is 0 Å². The van der Waals surface area contributed by atoms with Crippen LogP contribution in [0.5, 0.6) is 6.01 Å². The van der Waals surface area contributed by atoms with E-state index in [1.165, 1.54) is 4.88 Å². The van der Waals surface area contributed by atoms with Gasteiger partial charge in [0.25, 0.3) is 0 Å². The van der Waals surface area contributed by atoms with E-state index in [0.717, 1.165) is 27.6 Å². The fraction of sp³-hybridized carbons (Fsp3) is 0.652. The largest absolute Gasteiger partial charge is 0.461 e. The Kier molecular flexibility index (Phi) is 7.37. The van der Waals surface area contributed by atoms with Gasteiger partial charge in [0.05, 0.1) is 18.5 Å². The van der Waals surface area contributed by atoms with E-state index >= 15 is 0 Å². The number of hydrogen-bond donors (Lipinski definition) is 0. The molecule has 0 aliphatic carbocycles.